The van der Waals surface area contributed by atoms with Crippen LogP contribution in [0.5, 0.6) is 5.75 Å². The molecule has 0 aromatic heterocycles. The molecular formula is C16H16ClF2NO. The minimum Gasteiger partial charge on any atom is -0.495 e. The number of nitrogens with one attached hydrogen (secondary N) is 1. The maximum Gasteiger partial charge on any atom is 0.159 e. The summed E-state index contributed by atoms with van der Waals surface area (Å²) in [6, 6.07) is 9.29. The van der Waals surface area contributed by atoms with Crippen molar-refractivity contribution in [2.45, 2.75) is 19.5 Å². The van der Waals surface area contributed by atoms with Crippen molar-refractivity contribution < 1.29 is 13.5 Å². The molecule has 1 atom stereocenters. The van der Waals surface area contributed by atoms with Crippen LogP contribution in [0.15, 0.2) is 36.4 Å². The molecule has 0 amide bonds. The lowest BCUT2D eigenvalue weighted by Gasteiger charge is -2.15. The molecule has 2 nitrogen and oxygen atoms in total. The van der Waals surface area contributed by atoms with E-state index in [1.807, 2.05) is 19.1 Å². The molecule has 0 spiro atoms. The summed E-state index contributed by atoms with van der Waals surface area (Å²) in [6.07, 6.45) is 0. The molecule has 1 N–H and O–H groups in total. The molecule has 5 heteroatoms. The highest BCUT2D eigenvalue weighted by atomic mass is 35.5. The second kappa shape index (κ2) is 6.87. The fourth-order valence-electron chi connectivity index (χ4n) is 1.99. The summed E-state index contributed by atoms with van der Waals surface area (Å²) in [5.74, 6) is -1.06. The van der Waals surface area contributed by atoms with Crippen LogP contribution in [0, 0.1) is 11.6 Å². The molecule has 2 aromatic carbocycles. The minimum absolute atomic E-state index is 0.110. The van der Waals surface area contributed by atoms with Gasteiger partial charge in [0.2, 0.25) is 0 Å². The fourth-order valence-corrected chi connectivity index (χ4v) is 2.27. The lowest BCUT2D eigenvalue weighted by molar-refractivity contribution is 0.414. The predicted octanol–water partition coefficient (Wildman–Crippen LogP) is 4.48. The van der Waals surface area contributed by atoms with Crippen LogP contribution >= 0.6 is 11.6 Å². The Balaban J connectivity index is 2.01. The standard InChI is InChI=1S/C16H16ClF2NO/c1-10(12-4-5-14(18)15(19)8-12)20-9-11-3-6-16(21-2)13(17)7-11/h3-8,10,20H,9H2,1-2H3. The third-order valence-corrected chi connectivity index (χ3v) is 3.57. The van der Waals surface area contributed by atoms with Crippen LogP contribution in [-0.2, 0) is 6.54 Å². The summed E-state index contributed by atoms with van der Waals surface area (Å²) in [7, 11) is 1.56. The number of hydrogen-bond acceptors (Lipinski definition) is 2. The molecule has 0 bridgehead atoms. The molecule has 21 heavy (non-hydrogen) atoms. The van der Waals surface area contributed by atoms with Crippen LogP contribution in [0.4, 0.5) is 8.78 Å². The normalized spacial score (nSPS) is 12.2. The molecule has 0 radical (unpaired) electrons. The third-order valence-electron chi connectivity index (χ3n) is 3.27. The van der Waals surface area contributed by atoms with Crippen molar-refractivity contribution in [2.24, 2.45) is 0 Å². The van der Waals surface area contributed by atoms with Crippen molar-refractivity contribution in [1.29, 1.82) is 0 Å². The van der Waals surface area contributed by atoms with Gasteiger partial charge in [0.05, 0.1) is 12.1 Å². The summed E-state index contributed by atoms with van der Waals surface area (Å²) in [4.78, 5) is 0. The first kappa shape index (κ1) is 15.7. The molecule has 0 saturated carbocycles. The van der Waals surface area contributed by atoms with Gasteiger partial charge in [0.15, 0.2) is 11.6 Å². The van der Waals surface area contributed by atoms with Crippen LogP contribution in [0.2, 0.25) is 5.02 Å². The second-order valence-corrected chi connectivity index (χ2v) is 5.15. The van der Waals surface area contributed by atoms with Crippen LogP contribution in [-0.4, -0.2) is 7.11 Å². The van der Waals surface area contributed by atoms with E-state index in [1.54, 1.807) is 19.2 Å². The van der Waals surface area contributed by atoms with Gasteiger partial charge < -0.3 is 10.1 Å². The Bertz CT molecular complexity index is 634. The highest BCUT2D eigenvalue weighted by molar-refractivity contribution is 6.32. The van der Waals surface area contributed by atoms with Gasteiger partial charge in [-0.15, -0.1) is 0 Å². The summed E-state index contributed by atoms with van der Waals surface area (Å²) in [6.45, 7) is 2.45. The lowest BCUT2D eigenvalue weighted by Crippen LogP contribution is -2.18. The number of halogens is 3. The molecule has 0 aliphatic heterocycles. The quantitative estimate of drug-likeness (QED) is 0.879. The first-order valence-corrected chi connectivity index (χ1v) is 6.90. The Morgan fingerprint density at radius 1 is 1.14 bits per heavy atom. The molecule has 0 heterocycles. The monoisotopic (exact) mass is 311 g/mol. The third kappa shape index (κ3) is 3.93. The maximum atomic E-state index is 13.2. The van der Waals surface area contributed by atoms with Gasteiger partial charge in [-0.2, -0.15) is 0 Å². The zero-order valence-electron chi connectivity index (χ0n) is 11.8. The van der Waals surface area contributed by atoms with Crippen LogP contribution in [0.3, 0.4) is 0 Å². The molecule has 0 saturated heterocycles. The van der Waals surface area contributed by atoms with Crippen LogP contribution in [0.1, 0.15) is 24.1 Å². The highest BCUT2D eigenvalue weighted by Gasteiger charge is 2.09. The van der Waals surface area contributed by atoms with E-state index in [9.17, 15) is 8.78 Å². The Morgan fingerprint density at radius 3 is 2.52 bits per heavy atom. The SMILES string of the molecule is COc1ccc(CNC(C)c2ccc(F)c(F)c2)cc1Cl. The smallest absolute Gasteiger partial charge is 0.159 e. The van der Waals surface area contributed by atoms with Gasteiger partial charge in [-0.05, 0) is 42.3 Å². The van der Waals surface area contributed by atoms with Crippen molar-refractivity contribution >= 4 is 11.6 Å². The first-order valence-electron chi connectivity index (χ1n) is 6.52. The largest absolute Gasteiger partial charge is 0.495 e. The molecule has 112 valence electrons. The Kier molecular flexibility index (Phi) is 5.15. The Labute approximate surface area is 127 Å². The topological polar surface area (TPSA) is 21.3 Å². The Morgan fingerprint density at radius 2 is 1.90 bits per heavy atom. The molecule has 1 unspecified atom stereocenters. The van der Waals surface area contributed by atoms with Crippen molar-refractivity contribution in [3.8, 4) is 5.75 Å². The molecule has 2 aromatic rings. The van der Waals surface area contributed by atoms with Crippen molar-refractivity contribution in [2.75, 3.05) is 7.11 Å². The average Bonchev–Trinajstić information content (AvgIpc) is 2.47. The van der Waals surface area contributed by atoms with Crippen molar-refractivity contribution in [3.63, 3.8) is 0 Å². The number of methoxy groups -OCH3 is 1. The van der Waals surface area contributed by atoms with Crippen molar-refractivity contribution in [1.82, 2.24) is 5.32 Å². The van der Waals surface area contributed by atoms with Gasteiger partial charge in [-0.3, -0.25) is 0 Å². The lowest BCUT2D eigenvalue weighted by atomic mass is 10.1. The number of rotatable bonds is 5. The van der Waals surface area contributed by atoms with E-state index in [4.69, 9.17) is 16.3 Å². The van der Waals surface area contributed by atoms with Gasteiger partial charge in [-0.25, -0.2) is 8.78 Å². The van der Waals surface area contributed by atoms with Gasteiger partial charge >= 0.3 is 0 Å². The molecular weight excluding hydrogens is 296 g/mol. The summed E-state index contributed by atoms with van der Waals surface area (Å²) >= 11 is 6.06. The van der Waals surface area contributed by atoms with E-state index in [-0.39, 0.29) is 6.04 Å². The predicted molar refractivity (Wildman–Crippen MR) is 79.6 cm³/mol. The number of benzene rings is 2. The van der Waals surface area contributed by atoms with Gasteiger partial charge in [-0.1, -0.05) is 23.7 Å². The molecule has 0 aliphatic carbocycles. The van der Waals surface area contributed by atoms with E-state index in [0.29, 0.717) is 22.9 Å². The highest BCUT2D eigenvalue weighted by Crippen LogP contribution is 2.25. The first-order chi connectivity index (χ1) is 10.0. The number of ether oxygens (including phenoxy) is 1. The maximum absolute atomic E-state index is 13.2. The molecule has 0 fully saturated rings. The fraction of sp³-hybridized carbons (Fsp3) is 0.250. The van der Waals surface area contributed by atoms with E-state index in [2.05, 4.69) is 5.32 Å². The molecule has 2 rings (SSSR count). The number of hydrogen-bond donors (Lipinski definition) is 1. The Hall–Kier alpha value is -1.65. The minimum atomic E-state index is -0.840. The van der Waals surface area contributed by atoms with Crippen LogP contribution in [0.25, 0.3) is 0 Å². The summed E-state index contributed by atoms with van der Waals surface area (Å²) in [5.41, 5.74) is 1.67. The zero-order valence-corrected chi connectivity index (χ0v) is 12.5. The molecule has 0 aliphatic rings. The zero-order chi connectivity index (χ0) is 15.4. The van der Waals surface area contributed by atoms with Crippen molar-refractivity contribution in [3.05, 3.63) is 64.2 Å². The average molecular weight is 312 g/mol. The van der Waals surface area contributed by atoms with Gasteiger partial charge in [0.25, 0.3) is 0 Å². The van der Waals surface area contributed by atoms with E-state index in [1.165, 1.54) is 6.07 Å². The second-order valence-electron chi connectivity index (χ2n) is 4.75. The van der Waals surface area contributed by atoms with E-state index < -0.39 is 11.6 Å². The van der Waals surface area contributed by atoms with E-state index in [0.717, 1.165) is 11.6 Å². The van der Waals surface area contributed by atoms with Gasteiger partial charge in [0.1, 0.15) is 5.75 Å². The van der Waals surface area contributed by atoms with Crippen LogP contribution < -0.4 is 10.1 Å². The summed E-state index contributed by atoms with van der Waals surface area (Å²) < 4.78 is 31.2. The summed E-state index contributed by atoms with van der Waals surface area (Å²) in [5, 5.41) is 3.78. The van der Waals surface area contributed by atoms with E-state index >= 15 is 0 Å². The van der Waals surface area contributed by atoms with Gasteiger partial charge in [0, 0.05) is 12.6 Å².